The smallest absolute Gasteiger partial charge is 0.414 e. The number of nitrogens with one attached hydrogen (secondary N) is 2. The van der Waals surface area contributed by atoms with Gasteiger partial charge in [0.25, 0.3) is 0 Å². The van der Waals surface area contributed by atoms with Gasteiger partial charge in [-0.25, -0.2) is 9.59 Å². The van der Waals surface area contributed by atoms with Crippen LogP contribution in [0.2, 0.25) is 0 Å². The molecule has 0 aliphatic heterocycles. The van der Waals surface area contributed by atoms with Crippen molar-refractivity contribution in [2.24, 2.45) is 0 Å². The lowest BCUT2D eigenvalue weighted by atomic mass is 10.0. The Kier molecular flexibility index (Phi) is 8.70. The van der Waals surface area contributed by atoms with Gasteiger partial charge in [-0.1, -0.05) is 54.6 Å². The number of pyridine rings is 1. The number of aliphatic carboxylic acids is 2. The van der Waals surface area contributed by atoms with E-state index in [-0.39, 0.29) is 12.5 Å². The van der Waals surface area contributed by atoms with E-state index in [2.05, 4.69) is 15.6 Å². The lowest BCUT2D eigenvalue weighted by Gasteiger charge is -2.11. The molecule has 0 spiro atoms. The summed E-state index contributed by atoms with van der Waals surface area (Å²) in [7, 11) is 0. The predicted molar refractivity (Wildman–Crippen MR) is 112 cm³/mol. The molecule has 30 heavy (non-hydrogen) atoms. The van der Waals surface area contributed by atoms with Crippen LogP contribution in [0.15, 0.2) is 79.0 Å². The molecular formula is C22H21N3O5. The SMILES string of the molecule is O=C(CNCc1ccccn1)Nc1ccccc1-c1ccccc1.O=C(O)C(=O)O. The molecular weight excluding hydrogens is 386 g/mol. The van der Waals surface area contributed by atoms with Crippen LogP contribution in [0.25, 0.3) is 11.1 Å². The van der Waals surface area contributed by atoms with E-state index in [1.807, 2.05) is 72.8 Å². The topological polar surface area (TPSA) is 129 Å². The average Bonchev–Trinajstić information content (AvgIpc) is 2.76. The summed E-state index contributed by atoms with van der Waals surface area (Å²) in [4.78, 5) is 34.6. The van der Waals surface area contributed by atoms with E-state index in [0.717, 1.165) is 22.5 Å². The Hall–Kier alpha value is -4.04. The molecule has 4 N–H and O–H groups in total. The summed E-state index contributed by atoms with van der Waals surface area (Å²) in [6.45, 7) is 0.800. The number of para-hydroxylation sites is 1. The fraction of sp³-hybridized carbons (Fsp3) is 0.0909. The molecule has 8 heteroatoms. The minimum absolute atomic E-state index is 0.0747. The second-order valence-electron chi connectivity index (χ2n) is 5.99. The largest absolute Gasteiger partial charge is 0.473 e. The third-order valence-corrected chi connectivity index (χ3v) is 3.79. The molecule has 0 bridgehead atoms. The number of anilines is 1. The summed E-state index contributed by atoms with van der Waals surface area (Å²) in [6, 6.07) is 23.6. The Balaban J connectivity index is 0.000000469. The van der Waals surface area contributed by atoms with Crippen molar-refractivity contribution in [2.75, 3.05) is 11.9 Å². The highest BCUT2D eigenvalue weighted by Crippen LogP contribution is 2.27. The molecule has 0 fully saturated rings. The van der Waals surface area contributed by atoms with Crippen LogP contribution >= 0.6 is 0 Å². The fourth-order valence-corrected chi connectivity index (χ4v) is 2.46. The van der Waals surface area contributed by atoms with Gasteiger partial charge >= 0.3 is 11.9 Å². The third kappa shape index (κ3) is 7.53. The maximum Gasteiger partial charge on any atom is 0.414 e. The normalized spacial score (nSPS) is 9.73. The highest BCUT2D eigenvalue weighted by atomic mass is 16.4. The van der Waals surface area contributed by atoms with Gasteiger partial charge in [0.1, 0.15) is 0 Å². The third-order valence-electron chi connectivity index (χ3n) is 3.79. The lowest BCUT2D eigenvalue weighted by Crippen LogP contribution is -2.28. The Morgan fingerprint density at radius 1 is 0.800 bits per heavy atom. The molecule has 8 nitrogen and oxygen atoms in total. The minimum Gasteiger partial charge on any atom is -0.473 e. The van der Waals surface area contributed by atoms with Gasteiger partial charge in [-0.3, -0.25) is 9.78 Å². The molecule has 0 radical (unpaired) electrons. The van der Waals surface area contributed by atoms with E-state index >= 15 is 0 Å². The Bertz CT molecular complexity index is 966. The van der Waals surface area contributed by atoms with Gasteiger partial charge < -0.3 is 20.8 Å². The molecule has 0 saturated carbocycles. The second kappa shape index (κ2) is 11.7. The molecule has 2 aromatic carbocycles. The van der Waals surface area contributed by atoms with Gasteiger partial charge in [0.15, 0.2) is 0 Å². The molecule has 1 aromatic heterocycles. The number of hydrogen-bond donors (Lipinski definition) is 4. The summed E-state index contributed by atoms with van der Waals surface area (Å²) in [5.74, 6) is -3.72. The maximum atomic E-state index is 12.2. The molecule has 0 aliphatic carbocycles. The van der Waals surface area contributed by atoms with Crippen LogP contribution in [0.4, 0.5) is 5.69 Å². The highest BCUT2D eigenvalue weighted by molar-refractivity contribution is 6.27. The van der Waals surface area contributed by atoms with E-state index in [1.165, 1.54) is 0 Å². The van der Waals surface area contributed by atoms with Crippen molar-refractivity contribution in [3.05, 3.63) is 84.7 Å². The number of rotatable bonds is 6. The van der Waals surface area contributed by atoms with E-state index in [4.69, 9.17) is 19.8 Å². The lowest BCUT2D eigenvalue weighted by molar-refractivity contribution is -0.159. The van der Waals surface area contributed by atoms with Gasteiger partial charge in [-0.15, -0.1) is 0 Å². The number of carboxylic acid groups (broad SMARTS) is 2. The molecule has 3 aromatic rings. The van der Waals surface area contributed by atoms with Gasteiger partial charge in [-0.2, -0.15) is 0 Å². The van der Waals surface area contributed by atoms with Gasteiger partial charge in [0, 0.05) is 24.0 Å². The Labute approximate surface area is 173 Å². The monoisotopic (exact) mass is 407 g/mol. The van der Waals surface area contributed by atoms with Crippen LogP contribution in [0.3, 0.4) is 0 Å². The molecule has 1 heterocycles. The summed E-state index contributed by atoms with van der Waals surface area (Å²) in [6.07, 6.45) is 1.74. The van der Waals surface area contributed by atoms with Crippen molar-refractivity contribution in [3.8, 4) is 11.1 Å². The van der Waals surface area contributed by atoms with E-state index in [0.29, 0.717) is 6.54 Å². The highest BCUT2D eigenvalue weighted by Gasteiger charge is 2.08. The zero-order valence-corrected chi connectivity index (χ0v) is 16.0. The first-order valence-corrected chi connectivity index (χ1v) is 8.98. The number of carboxylic acids is 2. The first-order chi connectivity index (χ1) is 14.5. The summed E-state index contributed by atoms with van der Waals surface area (Å²) in [5.41, 5.74) is 3.81. The number of aromatic nitrogens is 1. The maximum absolute atomic E-state index is 12.2. The van der Waals surface area contributed by atoms with Crippen molar-refractivity contribution in [2.45, 2.75) is 6.54 Å². The van der Waals surface area contributed by atoms with Gasteiger partial charge in [0.2, 0.25) is 5.91 Å². The standard InChI is InChI=1S/C20H19N3O.C2H2O4/c24-20(15-21-14-17-10-6-7-13-22-17)23-19-12-5-4-11-18(19)16-8-2-1-3-9-16;3-1(4)2(5)6/h1-13,21H,14-15H2,(H,23,24);(H,3,4)(H,5,6). The van der Waals surface area contributed by atoms with E-state index < -0.39 is 11.9 Å². The van der Waals surface area contributed by atoms with Crippen LogP contribution in [-0.4, -0.2) is 39.6 Å². The quantitative estimate of drug-likeness (QED) is 0.462. The summed E-state index contributed by atoms with van der Waals surface area (Å²) >= 11 is 0. The van der Waals surface area contributed by atoms with Crippen LogP contribution in [0.5, 0.6) is 0 Å². The molecule has 3 rings (SSSR count). The van der Waals surface area contributed by atoms with Crippen LogP contribution in [-0.2, 0) is 20.9 Å². The number of nitrogens with zero attached hydrogens (tertiary/aromatic N) is 1. The average molecular weight is 407 g/mol. The van der Waals surface area contributed by atoms with E-state index in [1.54, 1.807) is 6.20 Å². The molecule has 1 amide bonds. The van der Waals surface area contributed by atoms with Crippen molar-refractivity contribution in [3.63, 3.8) is 0 Å². The zero-order chi connectivity index (χ0) is 21.8. The minimum atomic E-state index is -1.82. The van der Waals surface area contributed by atoms with Crippen molar-refractivity contribution in [1.29, 1.82) is 0 Å². The number of carbonyl (C=O) groups excluding carboxylic acids is 1. The van der Waals surface area contributed by atoms with Gasteiger partial charge in [0.05, 0.1) is 12.2 Å². The van der Waals surface area contributed by atoms with Crippen molar-refractivity contribution < 1.29 is 24.6 Å². The first-order valence-electron chi connectivity index (χ1n) is 8.98. The molecule has 0 atom stereocenters. The van der Waals surface area contributed by atoms with Gasteiger partial charge in [-0.05, 0) is 23.8 Å². The number of hydrogen-bond acceptors (Lipinski definition) is 5. The van der Waals surface area contributed by atoms with E-state index in [9.17, 15) is 4.79 Å². The Morgan fingerprint density at radius 3 is 2.07 bits per heavy atom. The molecule has 0 unspecified atom stereocenters. The second-order valence-corrected chi connectivity index (χ2v) is 5.99. The fourth-order valence-electron chi connectivity index (χ4n) is 2.46. The predicted octanol–water partition coefficient (Wildman–Crippen LogP) is 2.63. The van der Waals surface area contributed by atoms with Crippen LogP contribution < -0.4 is 10.6 Å². The Morgan fingerprint density at radius 2 is 1.43 bits per heavy atom. The number of carbonyl (C=O) groups is 3. The van der Waals surface area contributed by atoms with Crippen molar-refractivity contribution in [1.82, 2.24) is 10.3 Å². The summed E-state index contributed by atoms with van der Waals surface area (Å²) < 4.78 is 0. The zero-order valence-electron chi connectivity index (χ0n) is 16.0. The van der Waals surface area contributed by atoms with Crippen LogP contribution in [0, 0.1) is 0 Å². The number of amides is 1. The molecule has 0 aliphatic rings. The molecule has 0 saturated heterocycles. The first kappa shape index (κ1) is 22.3. The molecule has 154 valence electrons. The van der Waals surface area contributed by atoms with Crippen LogP contribution in [0.1, 0.15) is 5.69 Å². The van der Waals surface area contributed by atoms with Crippen molar-refractivity contribution >= 4 is 23.5 Å². The number of benzene rings is 2. The summed E-state index contributed by atoms with van der Waals surface area (Å²) in [5, 5.41) is 20.9.